The molecule has 1 unspecified atom stereocenters. The Morgan fingerprint density at radius 1 is 0.886 bits per heavy atom. The van der Waals surface area contributed by atoms with Gasteiger partial charge >= 0.3 is 5.97 Å². The Morgan fingerprint density at radius 2 is 1.62 bits per heavy atom. The van der Waals surface area contributed by atoms with Crippen molar-refractivity contribution in [1.82, 2.24) is 46.6 Å². The zero-order valence-corrected chi connectivity index (χ0v) is 45.8. The quantitative estimate of drug-likeness (QED) is 0.0233. The van der Waals surface area contributed by atoms with Crippen molar-refractivity contribution in [2.75, 3.05) is 33.0 Å². The van der Waals surface area contributed by atoms with Gasteiger partial charge in [-0.15, -0.1) is 11.8 Å². The van der Waals surface area contributed by atoms with Crippen molar-refractivity contribution in [3.05, 3.63) is 97.6 Å². The van der Waals surface area contributed by atoms with Crippen LogP contribution in [-0.4, -0.2) is 111 Å². The highest BCUT2D eigenvalue weighted by atomic mass is 32.2. The zero-order chi connectivity index (χ0) is 56.1. The van der Waals surface area contributed by atoms with Crippen LogP contribution >= 0.6 is 11.8 Å². The van der Waals surface area contributed by atoms with Crippen molar-refractivity contribution in [3.8, 4) is 11.4 Å². The van der Waals surface area contributed by atoms with E-state index < -0.39 is 103 Å². The number of hydrogen-bond donors (Lipinski definition) is 6. The van der Waals surface area contributed by atoms with E-state index in [9.17, 15) is 43.2 Å². The number of benzene rings is 2. The number of amides is 7. The van der Waals surface area contributed by atoms with Crippen LogP contribution in [0.25, 0.3) is 22.3 Å². The van der Waals surface area contributed by atoms with Crippen molar-refractivity contribution < 1.29 is 52.2 Å². The molecule has 4 atom stereocenters. The van der Waals surface area contributed by atoms with Gasteiger partial charge in [0.05, 0.1) is 65.9 Å². The molecule has 5 aliphatic rings. The van der Waals surface area contributed by atoms with E-state index in [1.54, 1.807) is 53.6 Å². The van der Waals surface area contributed by atoms with Crippen LogP contribution in [0.3, 0.4) is 0 Å². The largest absolute Gasteiger partial charge is 0.460 e. The molecule has 1 saturated heterocycles. The van der Waals surface area contributed by atoms with Crippen LogP contribution in [0, 0.1) is 18.7 Å². The number of imide groups is 1. The molecule has 2 aliphatic carbocycles. The molecule has 7 amide bonds. The number of halogens is 1. The molecule has 2 fully saturated rings. The summed E-state index contributed by atoms with van der Waals surface area (Å²) in [4.78, 5) is 124. The van der Waals surface area contributed by atoms with Gasteiger partial charge in [-0.1, -0.05) is 70.4 Å². The lowest BCUT2D eigenvalue weighted by molar-refractivity contribution is -0.149. The SMILES string of the molecule is CCC[C@@H]1C(=O)OCc2c1cc1n(c2=O)Cc2c-1nc1cc(F)c(C)c3c1c2[C@@H](NC(=O)COCNC(=O)CNC(=O)[C@H](Cc1ccccc1)NC(=O)CNC(=O)CNN1C(=O)CC(SC(CC)(CC)C2CCCC2)C1=O)CC3. The standard InChI is InChI=1S/C57H68FN9O11S/c1-5-13-35-36-21-43-52-37(27-66(43)54(74)38(36)28-78-56(35)76)51-40(19-18-34-31(4)39(58)22-41(65-52)50(34)51)63-48(71)29-77-30-61-45(68)24-60-53(73)42(20-32-14-9-8-10-15-32)64-47(70)25-59-46(69)26-62-67-49(72)23-44(55(67)75)79-57(6-2,7-3)33-16-11-12-17-33/h8-10,14-15,21-22,33,35,40,42,44,62H,5-7,11-13,16-20,23-30H2,1-4H3,(H,59,69)(H,60,73)(H,61,68)(H,63,71)(H,64,70)/t35-,40-,42-,44?/m0/s1. The first-order valence-corrected chi connectivity index (χ1v) is 28.3. The minimum Gasteiger partial charge on any atom is -0.460 e. The summed E-state index contributed by atoms with van der Waals surface area (Å²) >= 11 is 1.59. The molecule has 79 heavy (non-hydrogen) atoms. The number of pyridine rings is 2. The number of carbonyl (C=O) groups is 8. The average Bonchev–Trinajstić information content (AvgIpc) is 4.11. The van der Waals surface area contributed by atoms with Crippen molar-refractivity contribution in [2.45, 2.75) is 146 Å². The number of aromatic nitrogens is 2. The number of carbonyl (C=O) groups excluding carboxylic acids is 8. The van der Waals surface area contributed by atoms with Gasteiger partial charge in [0.1, 0.15) is 31.8 Å². The number of nitrogens with one attached hydrogen (secondary N) is 6. The van der Waals surface area contributed by atoms with Gasteiger partial charge in [-0.2, -0.15) is 0 Å². The summed E-state index contributed by atoms with van der Waals surface area (Å²) < 4.78 is 27.9. The molecule has 420 valence electrons. The van der Waals surface area contributed by atoms with Gasteiger partial charge in [0.15, 0.2) is 0 Å². The molecule has 20 nitrogen and oxygen atoms in total. The second-order valence-electron chi connectivity index (χ2n) is 21.0. The number of hydrogen-bond acceptors (Lipinski definition) is 14. The lowest BCUT2D eigenvalue weighted by Crippen LogP contribution is -2.53. The van der Waals surface area contributed by atoms with Crippen molar-refractivity contribution in [3.63, 3.8) is 0 Å². The number of esters is 1. The highest BCUT2D eigenvalue weighted by Crippen LogP contribution is 2.50. The normalized spacial score (nSPS) is 18.9. The minimum atomic E-state index is -1.16. The number of thioether (sulfide) groups is 1. The van der Waals surface area contributed by atoms with Crippen molar-refractivity contribution >= 4 is 70.0 Å². The van der Waals surface area contributed by atoms with Gasteiger partial charge in [-0.25, -0.2) is 19.8 Å². The summed E-state index contributed by atoms with van der Waals surface area (Å²) in [6.07, 6.45) is 8.44. The molecule has 1 saturated carbocycles. The first-order valence-electron chi connectivity index (χ1n) is 27.4. The molecule has 4 aromatic rings. The Kier molecular flexibility index (Phi) is 17.6. The maximum atomic E-state index is 15.4. The average molecular weight is 1110 g/mol. The van der Waals surface area contributed by atoms with E-state index in [0.29, 0.717) is 81.7 Å². The molecule has 6 N–H and O–H groups in total. The fourth-order valence-electron chi connectivity index (χ4n) is 12.1. The summed E-state index contributed by atoms with van der Waals surface area (Å²) in [6, 6.07) is 10.3. The van der Waals surface area contributed by atoms with Crippen LogP contribution < -0.4 is 37.6 Å². The highest BCUT2D eigenvalue weighted by molar-refractivity contribution is 8.02. The Labute approximate surface area is 460 Å². The monoisotopic (exact) mass is 1110 g/mol. The third kappa shape index (κ3) is 12.0. The van der Waals surface area contributed by atoms with Gasteiger partial charge in [0.25, 0.3) is 11.5 Å². The van der Waals surface area contributed by atoms with Gasteiger partial charge in [0, 0.05) is 34.6 Å². The number of aryl methyl sites for hydroxylation is 1. The summed E-state index contributed by atoms with van der Waals surface area (Å²) in [7, 11) is 0. The van der Waals surface area contributed by atoms with Gasteiger partial charge in [-0.3, -0.25) is 43.2 Å². The number of ether oxygens (including phenoxy) is 2. The molecule has 0 radical (unpaired) electrons. The topological polar surface area (TPSA) is 265 Å². The number of fused-ring (bicyclic) bond motifs is 5. The van der Waals surface area contributed by atoms with Crippen molar-refractivity contribution in [1.29, 1.82) is 0 Å². The number of nitrogens with zero attached hydrogens (tertiary/aromatic N) is 3. The smallest absolute Gasteiger partial charge is 0.313 e. The summed E-state index contributed by atoms with van der Waals surface area (Å²) in [5, 5.41) is 14.2. The summed E-state index contributed by atoms with van der Waals surface area (Å²) in [6.45, 7) is 5.59. The van der Waals surface area contributed by atoms with Crippen LogP contribution in [0.2, 0.25) is 0 Å². The van der Waals surface area contributed by atoms with E-state index in [1.165, 1.54) is 6.07 Å². The molecule has 0 spiro atoms. The van der Waals surface area contributed by atoms with Gasteiger partial charge in [0.2, 0.25) is 35.4 Å². The lowest BCUT2D eigenvalue weighted by atomic mass is 9.81. The lowest BCUT2D eigenvalue weighted by Gasteiger charge is -2.38. The van der Waals surface area contributed by atoms with E-state index in [0.717, 1.165) is 54.7 Å². The molecule has 2 aromatic carbocycles. The van der Waals surface area contributed by atoms with E-state index in [2.05, 4.69) is 45.9 Å². The van der Waals surface area contributed by atoms with Crippen LogP contribution in [0.1, 0.15) is 136 Å². The highest BCUT2D eigenvalue weighted by Gasteiger charge is 2.47. The fraction of sp³-hybridized carbons (Fsp3) is 0.509. The molecule has 22 heteroatoms. The Hall–Kier alpha value is -7.04. The zero-order valence-electron chi connectivity index (χ0n) is 45.0. The fourth-order valence-corrected chi connectivity index (χ4v) is 13.9. The molecule has 2 aromatic heterocycles. The number of hydrazine groups is 1. The molecule has 3 aliphatic heterocycles. The Morgan fingerprint density at radius 3 is 2.35 bits per heavy atom. The third-order valence-electron chi connectivity index (χ3n) is 16.3. The Balaban J connectivity index is 0.756. The van der Waals surface area contributed by atoms with Crippen LogP contribution in [0.4, 0.5) is 4.39 Å². The van der Waals surface area contributed by atoms with Crippen molar-refractivity contribution in [2.24, 2.45) is 5.92 Å². The first kappa shape index (κ1) is 56.7. The van der Waals surface area contributed by atoms with E-state index in [4.69, 9.17) is 14.5 Å². The first-order chi connectivity index (χ1) is 38.0. The summed E-state index contributed by atoms with van der Waals surface area (Å²) in [5.41, 5.74) is 8.11. The predicted octanol–water partition coefficient (Wildman–Crippen LogP) is 4.08. The van der Waals surface area contributed by atoms with Gasteiger partial charge < -0.3 is 40.6 Å². The number of cyclic esters (lactones) is 1. The maximum Gasteiger partial charge on any atom is 0.313 e. The predicted molar refractivity (Wildman–Crippen MR) is 290 cm³/mol. The Bertz CT molecular complexity index is 3140. The second-order valence-corrected chi connectivity index (χ2v) is 22.7. The number of rotatable bonds is 23. The van der Waals surface area contributed by atoms with Crippen LogP contribution in [-0.2, 0) is 73.8 Å². The second kappa shape index (κ2) is 24.5. The van der Waals surface area contributed by atoms with E-state index in [-0.39, 0.29) is 42.3 Å². The molecule has 0 bridgehead atoms. The minimum absolute atomic E-state index is 0.0320. The molecular formula is C57H68FN9O11S. The molecule has 5 heterocycles. The van der Waals surface area contributed by atoms with E-state index in [1.807, 2.05) is 13.0 Å². The van der Waals surface area contributed by atoms with E-state index >= 15 is 4.39 Å². The summed E-state index contributed by atoms with van der Waals surface area (Å²) in [5.74, 6) is -4.98. The van der Waals surface area contributed by atoms with Gasteiger partial charge in [-0.05, 0) is 91.7 Å². The molecule has 9 rings (SSSR count). The third-order valence-corrected chi connectivity index (χ3v) is 18.3. The maximum absolute atomic E-state index is 15.4. The van der Waals surface area contributed by atoms with Crippen LogP contribution in [0.15, 0.2) is 47.3 Å². The molecular weight excluding hydrogens is 1040 g/mol. The van der Waals surface area contributed by atoms with Crippen LogP contribution in [0.5, 0.6) is 0 Å².